The molecule has 12 heavy (non-hydrogen) atoms. The van der Waals surface area contributed by atoms with Crippen LogP contribution in [-0.2, 0) is 6.42 Å². The summed E-state index contributed by atoms with van der Waals surface area (Å²) < 4.78 is 0. The van der Waals surface area contributed by atoms with Gasteiger partial charge in [0.15, 0.2) is 0 Å². The van der Waals surface area contributed by atoms with E-state index >= 15 is 0 Å². The van der Waals surface area contributed by atoms with Crippen LogP contribution in [0.5, 0.6) is 0 Å². The predicted octanol–water partition coefficient (Wildman–Crippen LogP) is 2.31. The highest BCUT2D eigenvalue weighted by atomic mass is 35.5. The molecule has 0 atom stereocenters. The van der Waals surface area contributed by atoms with E-state index in [4.69, 9.17) is 5.73 Å². The van der Waals surface area contributed by atoms with Gasteiger partial charge < -0.3 is 5.73 Å². The average Bonchev–Trinajstić information content (AvgIpc) is 2.01. The van der Waals surface area contributed by atoms with Crippen LogP contribution in [-0.4, -0.2) is 6.54 Å². The third kappa shape index (κ3) is 3.74. The summed E-state index contributed by atoms with van der Waals surface area (Å²) in [6.07, 6.45) is 2.20. The van der Waals surface area contributed by atoms with Gasteiger partial charge >= 0.3 is 0 Å². The van der Waals surface area contributed by atoms with Gasteiger partial charge in [-0.05, 0) is 31.9 Å². The van der Waals surface area contributed by atoms with Crippen LogP contribution >= 0.6 is 12.4 Å². The van der Waals surface area contributed by atoms with Crippen molar-refractivity contribution in [2.45, 2.75) is 19.8 Å². The molecule has 0 saturated heterocycles. The van der Waals surface area contributed by atoms with Crippen molar-refractivity contribution < 1.29 is 0 Å². The Morgan fingerprint density at radius 2 is 2.08 bits per heavy atom. The molecule has 1 rings (SSSR count). The van der Waals surface area contributed by atoms with Crippen molar-refractivity contribution in [3.63, 3.8) is 0 Å². The van der Waals surface area contributed by atoms with Gasteiger partial charge in [0.05, 0.1) is 0 Å². The zero-order valence-corrected chi connectivity index (χ0v) is 8.23. The largest absolute Gasteiger partial charge is 0.330 e. The lowest BCUT2D eigenvalue weighted by Crippen LogP contribution is -2.00. The summed E-state index contributed by atoms with van der Waals surface area (Å²) >= 11 is 0. The number of halogens is 1. The maximum Gasteiger partial charge on any atom is -0.00741 e. The lowest BCUT2D eigenvalue weighted by Gasteiger charge is -1.99. The molecule has 0 aromatic heterocycles. The summed E-state index contributed by atoms with van der Waals surface area (Å²) in [6.45, 7) is 2.90. The minimum Gasteiger partial charge on any atom is -0.330 e. The minimum absolute atomic E-state index is 0. The fourth-order valence-electron chi connectivity index (χ4n) is 1.17. The molecular formula is C10H16ClN. The Bertz CT molecular complexity index is 223. The number of benzene rings is 1. The summed E-state index contributed by atoms with van der Waals surface area (Å²) in [4.78, 5) is 0. The molecule has 1 aromatic rings. The van der Waals surface area contributed by atoms with Crippen molar-refractivity contribution in [1.29, 1.82) is 0 Å². The predicted molar refractivity (Wildman–Crippen MR) is 55.8 cm³/mol. The van der Waals surface area contributed by atoms with Gasteiger partial charge in [-0.15, -0.1) is 12.4 Å². The number of nitrogens with two attached hydrogens (primary N) is 1. The molecule has 2 N–H and O–H groups in total. The molecule has 0 unspecified atom stereocenters. The molecule has 1 nitrogen and oxygen atoms in total. The smallest absolute Gasteiger partial charge is 0.00741 e. The van der Waals surface area contributed by atoms with Crippen LogP contribution in [0.15, 0.2) is 24.3 Å². The summed E-state index contributed by atoms with van der Waals surface area (Å²) in [6, 6.07) is 8.59. The zero-order chi connectivity index (χ0) is 8.10. The van der Waals surface area contributed by atoms with E-state index in [2.05, 4.69) is 31.2 Å². The normalized spacial score (nSPS) is 9.17. The third-order valence-corrected chi connectivity index (χ3v) is 1.75. The van der Waals surface area contributed by atoms with Crippen LogP contribution in [0.25, 0.3) is 0 Å². The molecule has 0 heterocycles. The van der Waals surface area contributed by atoms with Crippen molar-refractivity contribution in [3.8, 4) is 0 Å². The van der Waals surface area contributed by atoms with Crippen molar-refractivity contribution in [2.75, 3.05) is 6.54 Å². The van der Waals surface area contributed by atoms with Crippen molar-refractivity contribution in [3.05, 3.63) is 35.4 Å². The van der Waals surface area contributed by atoms with Gasteiger partial charge in [-0.1, -0.05) is 29.8 Å². The van der Waals surface area contributed by atoms with Gasteiger partial charge in [0.2, 0.25) is 0 Å². The first-order valence-electron chi connectivity index (χ1n) is 4.08. The molecule has 0 aliphatic carbocycles. The van der Waals surface area contributed by atoms with Crippen LogP contribution in [0.3, 0.4) is 0 Å². The van der Waals surface area contributed by atoms with Crippen molar-refractivity contribution in [1.82, 2.24) is 0 Å². The quantitative estimate of drug-likeness (QED) is 0.769. The lowest BCUT2D eigenvalue weighted by atomic mass is 10.1. The molecule has 0 radical (unpaired) electrons. The minimum atomic E-state index is 0. The number of rotatable bonds is 3. The summed E-state index contributed by atoms with van der Waals surface area (Å²) in [5.74, 6) is 0. The Labute approximate surface area is 80.4 Å². The maximum absolute atomic E-state index is 5.41. The van der Waals surface area contributed by atoms with E-state index in [1.54, 1.807) is 0 Å². The van der Waals surface area contributed by atoms with E-state index in [0.29, 0.717) is 0 Å². The third-order valence-electron chi connectivity index (χ3n) is 1.75. The molecular weight excluding hydrogens is 170 g/mol. The Kier molecular flexibility index (Phi) is 5.77. The Hall–Kier alpha value is -0.530. The van der Waals surface area contributed by atoms with Crippen LogP contribution in [0.4, 0.5) is 0 Å². The summed E-state index contributed by atoms with van der Waals surface area (Å²) in [5, 5.41) is 0. The molecule has 0 amide bonds. The van der Waals surface area contributed by atoms with Crippen LogP contribution in [0.2, 0.25) is 0 Å². The molecule has 68 valence electrons. The highest BCUT2D eigenvalue weighted by Gasteiger charge is 1.90. The van der Waals surface area contributed by atoms with E-state index in [1.807, 2.05) is 0 Å². The zero-order valence-electron chi connectivity index (χ0n) is 7.42. The first-order chi connectivity index (χ1) is 5.33. The molecule has 1 aromatic carbocycles. The van der Waals surface area contributed by atoms with Gasteiger partial charge in [0, 0.05) is 0 Å². The topological polar surface area (TPSA) is 26.0 Å². The van der Waals surface area contributed by atoms with E-state index < -0.39 is 0 Å². The number of hydrogen-bond donors (Lipinski definition) is 1. The average molecular weight is 186 g/mol. The molecule has 0 spiro atoms. The van der Waals surface area contributed by atoms with E-state index in [0.717, 1.165) is 19.4 Å². The van der Waals surface area contributed by atoms with Gasteiger partial charge in [-0.3, -0.25) is 0 Å². The molecule has 0 saturated carbocycles. The second-order valence-electron chi connectivity index (χ2n) is 2.88. The Morgan fingerprint density at radius 1 is 1.33 bits per heavy atom. The van der Waals surface area contributed by atoms with E-state index in [-0.39, 0.29) is 12.4 Å². The highest BCUT2D eigenvalue weighted by molar-refractivity contribution is 5.85. The molecule has 0 fully saturated rings. The van der Waals surface area contributed by atoms with Gasteiger partial charge in [-0.2, -0.15) is 0 Å². The van der Waals surface area contributed by atoms with Gasteiger partial charge in [-0.25, -0.2) is 0 Å². The van der Waals surface area contributed by atoms with Crippen LogP contribution in [0.1, 0.15) is 17.5 Å². The summed E-state index contributed by atoms with van der Waals surface area (Å²) in [5.41, 5.74) is 8.15. The fourth-order valence-corrected chi connectivity index (χ4v) is 1.17. The highest BCUT2D eigenvalue weighted by Crippen LogP contribution is 2.05. The molecule has 0 aliphatic heterocycles. The fraction of sp³-hybridized carbons (Fsp3) is 0.400. The monoisotopic (exact) mass is 185 g/mol. The Morgan fingerprint density at radius 3 is 2.67 bits per heavy atom. The van der Waals surface area contributed by atoms with Crippen molar-refractivity contribution in [2.24, 2.45) is 5.73 Å². The van der Waals surface area contributed by atoms with Crippen LogP contribution in [0, 0.1) is 6.92 Å². The second kappa shape index (κ2) is 6.04. The second-order valence-corrected chi connectivity index (χ2v) is 2.88. The van der Waals surface area contributed by atoms with Gasteiger partial charge in [0.1, 0.15) is 0 Å². The molecule has 2 heteroatoms. The summed E-state index contributed by atoms with van der Waals surface area (Å²) in [7, 11) is 0. The van der Waals surface area contributed by atoms with E-state index in [9.17, 15) is 0 Å². The van der Waals surface area contributed by atoms with Crippen molar-refractivity contribution >= 4 is 12.4 Å². The van der Waals surface area contributed by atoms with Crippen LogP contribution < -0.4 is 5.73 Å². The number of hydrogen-bond acceptors (Lipinski definition) is 1. The first kappa shape index (κ1) is 11.5. The maximum atomic E-state index is 5.41. The standard InChI is InChI=1S/C10H15N.ClH/c1-9-4-2-5-10(8-9)6-3-7-11;/h2,4-5,8H,3,6-7,11H2,1H3;1H. The molecule has 0 bridgehead atoms. The SMILES string of the molecule is Cc1cccc(CCCN)c1.Cl. The molecule has 0 aliphatic rings. The first-order valence-corrected chi connectivity index (χ1v) is 4.08. The van der Waals surface area contributed by atoms with E-state index in [1.165, 1.54) is 11.1 Å². The Balaban J connectivity index is 0.00000121. The van der Waals surface area contributed by atoms with Gasteiger partial charge in [0.25, 0.3) is 0 Å². The number of aryl methyl sites for hydroxylation is 2. The lowest BCUT2D eigenvalue weighted by molar-refractivity contribution is 0.832.